The fraction of sp³-hybridized carbons (Fsp3) is 0.400. The van der Waals surface area contributed by atoms with Crippen molar-refractivity contribution in [1.29, 1.82) is 0 Å². The van der Waals surface area contributed by atoms with Gasteiger partial charge in [-0.15, -0.1) is 0 Å². The summed E-state index contributed by atoms with van der Waals surface area (Å²) >= 11 is 6.01. The van der Waals surface area contributed by atoms with Crippen molar-refractivity contribution in [3.8, 4) is 0 Å². The summed E-state index contributed by atoms with van der Waals surface area (Å²) in [7, 11) is 17.1. The van der Waals surface area contributed by atoms with Crippen LogP contribution in [0.4, 0.5) is 8.78 Å². The average molecular weight is 500 g/mol. The van der Waals surface area contributed by atoms with Crippen molar-refractivity contribution in [3.63, 3.8) is 0 Å². The van der Waals surface area contributed by atoms with Crippen molar-refractivity contribution in [2.24, 2.45) is 0 Å². The van der Waals surface area contributed by atoms with E-state index in [1.807, 2.05) is 89.7 Å². The fourth-order valence-corrected chi connectivity index (χ4v) is 6.46. The highest BCUT2D eigenvalue weighted by molar-refractivity contribution is 6.62. The van der Waals surface area contributed by atoms with Gasteiger partial charge in [0.25, 0.3) is 5.91 Å². The van der Waals surface area contributed by atoms with E-state index in [0.717, 1.165) is 11.3 Å². The highest BCUT2D eigenvalue weighted by Gasteiger charge is 2.73. The minimum Gasteiger partial charge on any atom is -0.361 e. The van der Waals surface area contributed by atoms with E-state index < -0.39 is 38.5 Å². The number of halogens is 3. The number of hydrogen-bond acceptors (Lipinski definition) is 3. The molecule has 0 bridgehead atoms. The SMILES string of the molecule is BC(NCc1ccc(C)cn1)C1(F)C(B)(B)C(B)(B)N(C(=O)c2ccc(F)c(Cl)c2)C(B)(B)C1(B)B. The van der Waals surface area contributed by atoms with E-state index in [2.05, 4.69) is 10.3 Å². The van der Waals surface area contributed by atoms with Crippen molar-refractivity contribution in [1.82, 2.24) is 15.2 Å². The van der Waals surface area contributed by atoms with Gasteiger partial charge in [-0.1, -0.05) is 17.7 Å². The fourth-order valence-electron chi connectivity index (χ4n) is 6.28. The van der Waals surface area contributed by atoms with E-state index in [1.165, 1.54) is 18.2 Å². The second-order valence-corrected chi connectivity index (χ2v) is 12.7. The van der Waals surface area contributed by atoms with Crippen LogP contribution >= 0.6 is 11.6 Å². The number of aryl methyl sites for hydroxylation is 1. The smallest absolute Gasteiger partial charge is 0.252 e. The zero-order valence-corrected chi connectivity index (χ0v) is 23.9. The Morgan fingerprint density at radius 2 is 1.61 bits per heavy atom. The molecule has 4 nitrogen and oxygen atoms in total. The average Bonchev–Trinajstić information content (AvgIpc) is 2.78. The molecule has 0 radical (unpaired) electrons. The van der Waals surface area contributed by atoms with Crippen molar-refractivity contribution >= 4 is 88.1 Å². The first kappa shape index (κ1) is 29.1. The summed E-state index contributed by atoms with van der Waals surface area (Å²) in [6.07, 6.45) is 1.80. The van der Waals surface area contributed by atoms with Crippen molar-refractivity contribution in [2.75, 3.05) is 0 Å². The van der Waals surface area contributed by atoms with Crippen LogP contribution in [-0.4, -0.2) is 109 Å². The Morgan fingerprint density at radius 3 is 2.08 bits per heavy atom. The number of benzene rings is 1. The van der Waals surface area contributed by atoms with Gasteiger partial charge in [-0.25, -0.2) is 8.78 Å². The Balaban J connectivity index is 2.07. The molecule has 1 aromatic heterocycles. The number of rotatable bonds is 5. The molecule has 36 heavy (non-hydrogen) atoms. The van der Waals surface area contributed by atoms with Gasteiger partial charge in [-0.2, -0.15) is 0 Å². The van der Waals surface area contributed by atoms with Gasteiger partial charge < -0.3 is 10.2 Å². The third kappa shape index (κ3) is 4.13. The lowest BCUT2D eigenvalue weighted by Gasteiger charge is -2.75. The second kappa shape index (κ2) is 9.37. The zero-order valence-electron chi connectivity index (χ0n) is 23.2. The Kier molecular flexibility index (Phi) is 7.58. The molecule has 1 N–H and O–H groups in total. The number of hydrogen-bond donors (Lipinski definition) is 1. The molecule has 1 unspecified atom stereocenters. The summed E-state index contributed by atoms with van der Waals surface area (Å²) in [6, 6.07) is 7.92. The highest BCUT2D eigenvalue weighted by Crippen LogP contribution is 2.65. The van der Waals surface area contributed by atoms with Crippen molar-refractivity contribution < 1.29 is 13.6 Å². The van der Waals surface area contributed by atoms with Gasteiger partial charge in [-0.05, 0) is 57.9 Å². The molecule has 0 aliphatic carbocycles. The van der Waals surface area contributed by atoms with E-state index in [4.69, 9.17) is 11.6 Å². The third-order valence-electron chi connectivity index (χ3n) is 9.52. The largest absolute Gasteiger partial charge is 0.361 e. The zero-order chi connectivity index (χ0) is 27.5. The summed E-state index contributed by atoms with van der Waals surface area (Å²) in [4.78, 5) is 20.2. The Bertz CT molecular complexity index is 1140. The predicted molar refractivity (Wildman–Crippen MR) is 169 cm³/mol. The predicted octanol–water partition coefficient (Wildman–Crippen LogP) is -5.30. The Hall–Kier alpha value is -1.47. The van der Waals surface area contributed by atoms with Gasteiger partial charge in [0, 0.05) is 24.2 Å². The molecule has 2 aromatic rings. The number of nitrogens with one attached hydrogen (secondary N) is 1. The molecule has 1 aliphatic rings. The third-order valence-corrected chi connectivity index (χ3v) is 9.81. The van der Waals surface area contributed by atoms with Crippen LogP contribution in [0.1, 0.15) is 21.6 Å². The number of amides is 1. The summed E-state index contributed by atoms with van der Waals surface area (Å²) in [5, 5.41) is -0.540. The second-order valence-electron chi connectivity index (χ2n) is 12.3. The van der Waals surface area contributed by atoms with Crippen LogP contribution < -0.4 is 5.32 Å². The minimum absolute atomic E-state index is 0.116. The van der Waals surface area contributed by atoms with Crippen LogP contribution in [0.2, 0.25) is 15.5 Å². The summed E-state index contributed by atoms with van der Waals surface area (Å²) in [5.74, 6) is -1.45. The maximum atomic E-state index is 17.9. The molecule has 0 saturated carbocycles. The number of pyridine rings is 1. The van der Waals surface area contributed by atoms with E-state index in [0.29, 0.717) is 6.54 Å². The van der Waals surface area contributed by atoms with Crippen molar-refractivity contribution in [3.05, 3.63) is 64.2 Å². The van der Waals surface area contributed by atoms with Gasteiger partial charge in [0.15, 0.2) is 0 Å². The van der Waals surface area contributed by atoms with Crippen molar-refractivity contribution in [2.45, 2.75) is 46.2 Å². The number of piperidine rings is 1. The molecular formula is C20H31B9ClF2N3O. The summed E-state index contributed by atoms with van der Waals surface area (Å²) in [5.41, 5.74) is 0.441. The number of likely N-dealkylation sites (tertiary alicyclic amines) is 1. The minimum atomic E-state index is -1.74. The van der Waals surface area contributed by atoms with E-state index >= 15 is 4.39 Å². The number of nitrogens with zero attached hydrogens (tertiary/aromatic N) is 2. The summed E-state index contributed by atoms with van der Waals surface area (Å²) in [6.45, 7) is 2.41. The number of aromatic nitrogens is 1. The topological polar surface area (TPSA) is 45.2 Å². The molecule has 16 heteroatoms. The van der Waals surface area contributed by atoms with E-state index in [-0.39, 0.29) is 16.5 Å². The van der Waals surface area contributed by atoms with Crippen LogP contribution in [0.3, 0.4) is 0 Å². The summed E-state index contributed by atoms with van der Waals surface area (Å²) < 4.78 is 31.8. The van der Waals surface area contributed by atoms with Crippen LogP contribution in [0.5, 0.6) is 0 Å². The van der Waals surface area contributed by atoms with Gasteiger partial charge in [0.05, 0.1) is 10.7 Å². The van der Waals surface area contributed by atoms with Gasteiger partial charge in [0.2, 0.25) is 0 Å². The van der Waals surface area contributed by atoms with Gasteiger partial charge >= 0.3 is 0 Å². The molecule has 1 atom stereocenters. The first-order valence-electron chi connectivity index (χ1n) is 12.5. The van der Waals surface area contributed by atoms with Crippen LogP contribution in [0, 0.1) is 12.7 Å². The molecule has 1 aliphatic heterocycles. The maximum Gasteiger partial charge on any atom is 0.252 e. The van der Waals surface area contributed by atoms with E-state index in [1.54, 1.807) is 11.1 Å². The molecule has 1 saturated heterocycles. The Labute approximate surface area is 226 Å². The monoisotopic (exact) mass is 501 g/mol. The molecule has 0 spiro atoms. The normalized spacial score (nSPS) is 21.9. The van der Waals surface area contributed by atoms with Gasteiger partial charge in [-0.3, -0.25) is 9.78 Å². The first-order chi connectivity index (χ1) is 16.3. The lowest BCUT2D eigenvalue weighted by molar-refractivity contribution is -0.0263. The lowest BCUT2D eigenvalue weighted by atomic mass is 9.14. The number of alkyl halides is 1. The lowest BCUT2D eigenvalue weighted by Crippen LogP contribution is -2.86. The molecular weight excluding hydrogens is 469 g/mol. The van der Waals surface area contributed by atoms with Crippen LogP contribution in [0.15, 0.2) is 36.5 Å². The highest BCUT2D eigenvalue weighted by atomic mass is 35.5. The van der Waals surface area contributed by atoms with Crippen LogP contribution in [0.25, 0.3) is 0 Å². The Morgan fingerprint density at radius 1 is 1.06 bits per heavy atom. The van der Waals surface area contributed by atoms with E-state index in [9.17, 15) is 9.18 Å². The number of carbonyl (C=O) groups is 1. The molecule has 3 rings (SSSR count). The molecule has 2 heterocycles. The molecule has 1 amide bonds. The first-order valence-corrected chi connectivity index (χ1v) is 12.9. The standard InChI is InChI=1S/C20H31B9ClF2N3O/c1-9-2-4-11(33-7-9)8-34-15(21)16(32)17(22,23)19(26,27)35(20(28,29)18(16,24)25)14(36)10-3-5-13(31)12(30)6-10/h2-7,15,34H,8,21-29H2,1H3. The molecule has 1 fully saturated rings. The molecule has 1 aromatic carbocycles. The van der Waals surface area contributed by atoms with Crippen LogP contribution in [-0.2, 0) is 6.54 Å². The van der Waals surface area contributed by atoms with Gasteiger partial charge in [0.1, 0.15) is 82.1 Å². The maximum absolute atomic E-state index is 17.9. The number of carbonyl (C=O) groups excluding carboxylic acids is 1. The molecule has 180 valence electrons. The quantitative estimate of drug-likeness (QED) is 0.418.